The largest absolute Gasteiger partial charge is 0.389 e. The van der Waals surface area contributed by atoms with Crippen molar-refractivity contribution in [2.24, 2.45) is 0 Å². The summed E-state index contributed by atoms with van der Waals surface area (Å²) in [5.41, 5.74) is 0.386. The molecule has 2 N–H and O–H groups in total. The van der Waals surface area contributed by atoms with Crippen molar-refractivity contribution in [2.45, 2.75) is 6.10 Å². The van der Waals surface area contributed by atoms with Gasteiger partial charge in [0.2, 0.25) is 0 Å². The van der Waals surface area contributed by atoms with Crippen molar-refractivity contribution in [2.75, 3.05) is 20.3 Å². The highest BCUT2D eigenvalue weighted by molar-refractivity contribution is 14.1. The molecule has 1 aromatic rings. The van der Waals surface area contributed by atoms with E-state index in [0.29, 0.717) is 9.13 Å². The number of methoxy groups -OCH3 is 1. The SMILES string of the molecule is COCC(O)CNC(=O)c1ccc(F)cc1I. The van der Waals surface area contributed by atoms with Gasteiger partial charge in [-0.15, -0.1) is 0 Å². The van der Waals surface area contributed by atoms with Gasteiger partial charge in [0.15, 0.2) is 0 Å². The van der Waals surface area contributed by atoms with E-state index in [-0.39, 0.29) is 24.9 Å². The number of carbonyl (C=O) groups excluding carboxylic acids is 1. The molecule has 6 heteroatoms. The molecular weight excluding hydrogens is 340 g/mol. The number of aliphatic hydroxyl groups is 1. The van der Waals surface area contributed by atoms with Crippen LogP contribution in [0.25, 0.3) is 0 Å². The first-order valence-electron chi connectivity index (χ1n) is 4.95. The van der Waals surface area contributed by atoms with E-state index in [1.807, 2.05) is 22.6 Å². The van der Waals surface area contributed by atoms with Crippen molar-refractivity contribution in [3.8, 4) is 0 Å². The van der Waals surface area contributed by atoms with Crippen LogP contribution in [0.1, 0.15) is 10.4 Å². The number of halogens is 2. The maximum absolute atomic E-state index is 12.8. The lowest BCUT2D eigenvalue weighted by Crippen LogP contribution is -2.34. The number of hydrogen-bond acceptors (Lipinski definition) is 3. The van der Waals surface area contributed by atoms with Gasteiger partial charge in [-0.25, -0.2) is 4.39 Å². The Labute approximate surface area is 112 Å². The lowest BCUT2D eigenvalue weighted by molar-refractivity contribution is 0.0609. The molecule has 0 saturated carbocycles. The van der Waals surface area contributed by atoms with E-state index < -0.39 is 6.10 Å². The fraction of sp³-hybridized carbons (Fsp3) is 0.364. The van der Waals surface area contributed by atoms with Gasteiger partial charge in [0, 0.05) is 17.2 Å². The Kier molecular flexibility index (Phi) is 5.79. The van der Waals surface area contributed by atoms with E-state index in [0.717, 1.165) is 0 Å². The summed E-state index contributed by atoms with van der Waals surface area (Å²) in [5.74, 6) is -0.727. The van der Waals surface area contributed by atoms with Crippen molar-refractivity contribution in [3.63, 3.8) is 0 Å². The highest BCUT2D eigenvalue weighted by atomic mass is 127. The second kappa shape index (κ2) is 6.87. The minimum atomic E-state index is -0.748. The highest BCUT2D eigenvalue weighted by Gasteiger charge is 2.12. The molecule has 1 aromatic carbocycles. The number of amides is 1. The first-order chi connectivity index (χ1) is 8.04. The number of ether oxygens (including phenoxy) is 1. The summed E-state index contributed by atoms with van der Waals surface area (Å²) in [7, 11) is 1.47. The monoisotopic (exact) mass is 353 g/mol. The van der Waals surface area contributed by atoms with Crippen LogP contribution in [0.3, 0.4) is 0 Å². The van der Waals surface area contributed by atoms with Gasteiger partial charge in [-0.3, -0.25) is 4.79 Å². The van der Waals surface area contributed by atoms with Crippen LogP contribution >= 0.6 is 22.6 Å². The Morgan fingerprint density at radius 1 is 1.65 bits per heavy atom. The minimum Gasteiger partial charge on any atom is -0.389 e. The molecule has 1 amide bonds. The van der Waals surface area contributed by atoms with Crippen molar-refractivity contribution in [3.05, 3.63) is 33.1 Å². The van der Waals surface area contributed by atoms with E-state index >= 15 is 0 Å². The number of hydrogen-bond donors (Lipinski definition) is 2. The van der Waals surface area contributed by atoms with Gasteiger partial charge in [-0.2, -0.15) is 0 Å². The van der Waals surface area contributed by atoms with Crippen LogP contribution in [0, 0.1) is 9.39 Å². The lowest BCUT2D eigenvalue weighted by atomic mass is 10.2. The van der Waals surface area contributed by atoms with E-state index in [4.69, 9.17) is 4.74 Å². The molecule has 4 nitrogen and oxygen atoms in total. The first kappa shape index (κ1) is 14.3. The van der Waals surface area contributed by atoms with Crippen LogP contribution in [-0.2, 0) is 4.74 Å². The molecular formula is C11H13FINO3. The Hall–Kier alpha value is -0.730. The molecule has 1 rings (SSSR count). The third-order valence-corrected chi connectivity index (χ3v) is 2.93. The lowest BCUT2D eigenvalue weighted by Gasteiger charge is -2.11. The smallest absolute Gasteiger partial charge is 0.252 e. The topological polar surface area (TPSA) is 58.6 Å². The summed E-state index contributed by atoms with van der Waals surface area (Å²) in [6, 6.07) is 3.92. The fourth-order valence-electron chi connectivity index (χ4n) is 1.23. The number of nitrogens with one attached hydrogen (secondary N) is 1. The predicted octanol–water partition coefficient (Wildman–Crippen LogP) is 1.17. The molecule has 0 saturated heterocycles. The summed E-state index contributed by atoms with van der Waals surface area (Å²) in [6.07, 6.45) is -0.748. The molecule has 0 aliphatic rings. The summed E-state index contributed by atoms with van der Waals surface area (Å²) in [6.45, 7) is 0.251. The first-order valence-corrected chi connectivity index (χ1v) is 6.02. The molecule has 0 radical (unpaired) electrons. The predicted molar refractivity (Wildman–Crippen MR) is 69.3 cm³/mol. The summed E-state index contributed by atoms with van der Waals surface area (Å²) in [5, 5.41) is 11.9. The normalized spacial score (nSPS) is 12.2. The molecule has 94 valence electrons. The van der Waals surface area contributed by atoms with Crippen molar-refractivity contribution >= 4 is 28.5 Å². The van der Waals surface area contributed by atoms with Crippen LogP contribution < -0.4 is 5.32 Å². The molecule has 0 heterocycles. The Balaban J connectivity index is 2.58. The quantitative estimate of drug-likeness (QED) is 0.782. The van der Waals surface area contributed by atoms with Crippen molar-refractivity contribution < 1.29 is 19.0 Å². The number of aliphatic hydroxyl groups excluding tert-OH is 1. The van der Waals surface area contributed by atoms with Crippen LogP contribution in [0.4, 0.5) is 4.39 Å². The summed E-state index contributed by atoms with van der Waals surface area (Å²) < 4.78 is 18.1. The minimum absolute atomic E-state index is 0.0974. The zero-order valence-electron chi connectivity index (χ0n) is 9.24. The van der Waals surface area contributed by atoms with E-state index in [1.54, 1.807) is 0 Å². The van der Waals surface area contributed by atoms with Crippen LogP contribution in [0.15, 0.2) is 18.2 Å². The van der Waals surface area contributed by atoms with E-state index in [9.17, 15) is 14.3 Å². The molecule has 1 atom stereocenters. The van der Waals surface area contributed by atoms with Gasteiger partial charge >= 0.3 is 0 Å². The maximum atomic E-state index is 12.8. The number of carbonyl (C=O) groups is 1. The average molecular weight is 353 g/mol. The maximum Gasteiger partial charge on any atom is 0.252 e. The van der Waals surface area contributed by atoms with Crippen LogP contribution in [0.2, 0.25) is 0 Å². The molecule has 0 spiro atoms. The molecule has 0 aliphatic heterocycles. The third kappa shape index (κ3) is 4.57. The molecule has 17 heavy (non-hydrogen) atoms. The Morgan fingerprint density at radius 3 is 2.94 bits per heavy atom. The second-order valence-electron chi connectivity index (χ2n) is 3.44. The van der Waals surface area contributed by atoms with Crippen molar-refractivity contribution in [1.29, 1.82) is 0 Å². The van der Waals surface area contributed by atoms with Gasteiger partial charge in [0.05, 0.1) is 18.3 Å². The van der Waals surface area contributed by atoms with Crippen LogP contribution in [0.5, 0.6) is 0 Å². The van der Waals surface area contributed by atoms with Crippen molar-refractivity contribution in [1.82, 2.24) is 5.32 Å². The molecule has 0 aliphatic carbocycles. The molecule has 0 bridgehead atoms. The van der Waals surface area contributed by atoms with E-state index in [2.05, 4.69) is 5.32 Å². The third-order valence-electron chi connectivity index (χ3n) is 2.03. The Morgan fingerprint density at radius 2 is 2.35 bits per heavy atom. The average Bonchev–Trinajstić information content (AvgIpc) is 2.26. The zero-order chi connectivity index (χ0) is 12.8. The van der Waals surface area contributed by atoms with Crippen LogP contribution in [-0.4, -0.2) is 37.4 Å². The zero-order valence-corrected chi connectivity index (χ0v) is 11.4. The summed E-state index contributed by atoms with van der Waals surface area (Å²) in [4.78, 5) is 11.7. The molecule has 0 aromatic heterocycles. The Bertz CT molecular complexity index is 400. The van der Waals surface area contributed by atoms with Gasteiger partial charge in [-0.1, -0.05) is 0 Å². The van der Waals surface area contributed by atoms with Gasteiger partial charge < -0.3 is 15.2 Å². The molecule has 0 fully saturated rings. The summed E-state index contributed by atoms with van der Waals surface area (Å²) >= 11 is 1.89. The number of benzene rings is 1. The molecule has 1 unspecified atom stereocenters. The number of rotatable bonds is 5. The van der Waals surface area contributed by atoms with E-state index in [1.165, 1.54) is 25.3 Å². The fourth-order valence-corrected chi connectivity index (χ4v) is 1.95. The highest BCUT2D eigenvalue weighted by Crippen LogP contribution is 2.13. The van der Waals surface area contributed by atoms with Gasteiger partial charge in [0.25, 0.3) is 5.91 Å². The second-order valence-corrected chi connectivity index (χ2v) is 4.61. The van der Waals surface area contributed by atoms with Gasteiger partial charge in [0.1, 0.15) is 5.82 Å². The standard InChI is InChI=1S/C11H13FINO3/c1-17-6-8(15)5-14-11(16)9-3-2-7(12)4-10(9)13/h2-4,8,15H,5-6H2,1H3,(H,14,16). The van der Waals surface area contributed by atoms with Gasteiger partial charge in [-0.05, 0) is 40.8 Å².